The van der Waals surface area contributed by atoms with Gasteiger partial charge in [0.15, 0.2) is 5.69 Å². The van der Waals surface area contributed by atoms with Gasteiger partial charge in [0.25, 0.3) is 11.8 Å². The molecule has 1 aliphatic heterocycles. The zero-order valence-electron chi connectivity index (χ0n) is 20.7. The summed E-state index contributed by atoms with van der Waals surface area (Å²) >= 11 is 0.727. The number of rotatable bonds is 10. The maximum absolute atomic E-state index is 13.9. The number of primary amides is 1. The molecule has 3 aromatic rings. The Morgan fingerprint density at radius 2 is 2.11 bits per heavy atom. The molecule has 2 aromatic heterocycles. The van der Waals surface area contributed by atoms with Gasteiger partial charge in [-0.2, -0.15) is 4.37 Å². The highest BCUT2D eigenvalue weighted by molar-refractivity contribution is 7.09. The van der Waals surface area contributed by atoms with Crippen molar-refractivity contribution in [1.29, 1.82) is 0 Å². The van der Waals surface area contributed by atoms with Crippen molar-refractivity contribution in [3.63, 3.8) is 0 Å². The van der Waals surface area contributed by atoms with E-state index in [4.69, 9.17) is 20.9 Å². The van der Waals surface area contributed by atoms with Gasteiger partial charge in [0.05, 0.1) is 23.9 Å². The number of esters is 1. The molecule has 200 valence electrons. The lowest BCUT2D eigenvalue weighted by atomic mass is 10.0. The van der Waals surface area contributed by atoms with Crippen molar-refractivity contribution < 1.29 is 28.7 Å². The van der Waals surface area contributed by atoms with E-state index in [9.17, 15) is 19.2 Å². The SMILES string of the molecule is CCOC(=O)CNC(=O)C(c1ccc2ncccc2c1)N(CC1CCCO1)C(=O)c1snc(C(N)=O)c1N. The number of carbonyl (C=O) groups excluding carboxylic acids is 4. The van der Waals surface area contributed by atoms with Gasteiger partial charge >= 0.3 is 5.97 Å². The summed E-state index contributed by atoms with van der Waals surface area (Å²) in [5.41, 5.74) is 12.2. The Kier molecular flexibility index (Phi) is 8.48. The van der Waals surface area contributed by atoms with Gasteiger partial charge in [-0.3, -0.25) is 24.2 Å². The number of pyridine rings is 1. The van der Waals surface area contributed by atoms with Crippen molar-refractivity contribution in [2.75, 3.05) is 32.0 Å². The highest BCUT2D eigenvalue weighted by Crippen LogP contribution is 2.31. The summed E-state index contributed by atoms with van der Waals surface area (Å²) < 4.78 is 14.7. The van der Waals surface area contributed by atoms with Gasteiger partial charge in [-0.25, -0.2) is 0 Å². The molecule has 4 rings (SSSR count). The van der Waals surface area contributed by atoms with Crippen molar-refractivity contribution in [2.45, 2.75) is 31.9 Å². The maximum Gasteiger partial charge on any atom is 0.325 e. The van der Waals surface area contributed by atoms with E-state index in [1.54, 1.807) is 37.4 Å². The highest BCUT2D eigenvalue weighted by atomic mass is 32.1. The van der Waals surface area contributed by atoms with Gasteiger partial charge in [0, 0.05) is 24.7 Å². The predicted molar refractivity (Wildman–Crippen MR) is 139 cm³/mol. The van der Waals surface area contributed by atoms with Crippen molar-refractivity contribution in [3.8, 4) is 0 Å². The molecule has 1 aromatic carbocycles. The summed E-state index contributed by atoms with van der Waals surface area (Å²) in [4.78, 5) is 56.9. The molecule has 0 radical (unpaired) electrons. The largest absolute Gasteiger partial charge is 0.465 e. The minimum atomic E-state index is -1.18. The van der Waals surface area contributed by atoms with Crippen molar-refractivity contribution in [3.05, 3.63) is 52.7 Å². The number of carbonyl (C=O) groups is 4. The van der Waals surface area contributed by atoms with Crippen LogP contribution in [0, 0.1) is 0 Å². The molecule has 0 saturated carbocycles. The van der Waals surface area contributed by atoms with Gasteiger partial charge in [0.2, 0.25) is 5.91 Å². The van der Waals surface area contributed by atoms with Crippen LogP contribution in [0.4, 0.5) is 5.69 Å². The van der Waals surface area contributed by atoms with Crippen LogP contribution in [0.3, 0.4) is 0 Å². The summed E-state index contributed by atoms with van der Waals surface area (Å²) in [6.45, 7) is 2.03. The molecule has 3 amide bonds. The Balaban J connectivity index is 1.78. The zero-order chi connectivity index (χ0) is 27.2. The van der Waals surface area contributed by atoms with Gasteiger partial charge in [-0.05, 0) is 55.1 Å². The summed E-state index contributed by atoms with van der Waals surface area (Å²) in [7, 11) is 0. The number of nitrogens with two attached hydrogens (primary N) is 2. The van der Waals surface area contributed by atoms with Crippen LogP contribution in [0.15, 0.2) is 36.5 Å². The lowest BCUT2D eigenvalue weighted by Crippen LogP contribution is -2.47. The van der Waals surface area contributed by atoms with Crippen LogP contribution in [0.25, 0.3) is 10.9 Å². The Bertz CT molecular complexity index is 1360. The highest BCUT2D eigenvalue weighted by Gasteiger charge is 2.37. The molecule has 0 aliphatic carbocycles. The zero-order valence-corrected chi connectivity index (χ0v) is 21.5. The van der Waals surface area contributed by atoms with Gasteiger partial charge in [-0.1, -0.05) is 12.1 Å². The minimum Gasteiger partial charge on any atom is -0.465 e. The predicted octanol–water partition coefficient (Wildman–Crippen LogP) is 1.41. The number of hydrogen-bond donors (Lipinski definition) is 3. The van der Waals surface area contributed by atoms with Crippen molar-refractivity contribution in [1.82, 2.24) is 19.6 Å². The number of fused-ring (bicyclic) bond motifs is 1. The van der Waals surface area contributed by atoms with E-state index in [2.05, 4.69) is 14.7 Å². The fourth-order valence-electron chi connectivity index (χ4n) is 4.28. The van der Waals surface area contributed by atoms with Crippen LogP contribution in [-0.2, 0) is 19.1 Å². The smallest absolute Gasteiger partial charge is 0.325 e. The average molecular weight is 541 g/mol. The number of nitrogens with zero attached hydrogens (tertiary/aromatic N) is 3. The third-order valence-electron chi connectivity index (χ3n) is 6.06. The third kappa shape index (κ3) is 5.89. The summed E-state index contributed by atoms with van der Waals surface area (Å²) in [6, 6.07) is 7.63. The van der Waals surface area contributed by atoms with E-state index in [1.807, 2.05) is 6.07 Å². The normalized spacial score (nSPS) is 15.7. The molecule has 2 unspecified atom stereocenters. The molecule has 1 saturated heterocycles. The maximum atomic E-state index is 13.9. The van der Waals surface area contributed by atoms with E-state index in [0.29, 0.717) is 24.1 Å². The molecular formula is C25H28N6O6S. The first kappa shape index (κ1) is 26.9. The molecule has 13 heteroatoms. The molecule has 0 spiro atoms. The molecule has 2 atom stereocenters. The standard InChI is InChI=1S/C25H28N6O6S/c1-2-36-18(32)12-29-24(34)21(15-7-8-17-14(11-15)5-3-9-28-17)31(13-16-6-4-10-37-16)25(35)22-19(26)20(23(27)33)30-38-22/h3,5,7-9,11,16,21H,2,4,6,10,12-13,26H2,1H3,(H2,27,33)(H,29,34). The first-order chi connectivity index (χ1) is 18.3. The fraction of sp³-hybridized carbons (Fsp3) is 0.360. The quantitative estimate of drug-likeness (QED) is 0.320. The monoisotopic (exact) mass is 540 g/mol. The number of aromatic nitrogens is 2. The Morgan fingerprint density at radius 3 is 2.79 bits per heavy atom. The van der Waals surface area contributed by atoms with Crippen LogP contribution in [0.5, 0.6) is 0 Å². The van der Waals surface area contributed by atoms with E-state index in [-0.39, 0.29) is 42.1 Å². The number of amides is 3. The Hall–Kier alpha value is -4.10. The topological polar surface area (TPSA) is 180 Å². The van der Waals surface area contributed by atoms with Crippen LogP contribution in [-0.4, -0.2) is 70.4 Å². The van der Waals surface area contributed by atoms with E-state index < -0.39 is 29.7 Å². The second-order valence-electron chi connectivity index (χ2n) is 8.61. The van der Waals surface area contributed by atoms with Crippen LogP contribution in [0.2, 0.25) is 0 Å². The van der Waals surface area contributed by atoms with Crippen LogP contribution in [0.1, 0.15) is 51.5 Å². The van der Waals surface area contributed by atoms with E-state index in [0.717, 1.165) is 23.3 Å². The number of hydrogen-bond acceptors (Lipinski definition) is 10. The second-order valence-corrected chi connectivity index (χ2v) is 9.39. The molecular weight excluding hydrogens is 512 g/mol. The van der Waals surface area contributed by atoms with Gasteiger partial charge in [0.1, 0.15) is 17.5 Å². The lowest BCUT2D eigenvalue weighted by Gasteiger charge is -2.33. The molecule has 1 fully saturated rings. The molecule has 1 aliphatic rings. The Labute approximate surface area is 222 Å². The van der Waals surface area contributed by atoms with Gasteiger partial charge < -0.3 is 31.2 Å². The van der Waals surface area contributed by atoms with E-state index in [1.165, 1.54) is 4.90 Å². The number of nitrogens with one attached hydrogen (secondary N) is 1. The third-order valence-corrected chi connectivity index (χ3v) is 6.91. The molecule has 5 N–H and O–H groups in total. The number of ether oxygens (including phenoxy) is 2. The molecule has 12 nitrogen and oxygen atoms in total. The molecule has 3 heterocycles. The first-order valence-electron chi connectivity index (χ1n) is 12.1. The van der Waals surface area contributed by atoms with Crippen LogP contribution < -0.4 is 16.8 Å². The summed E-state index contributed by atoms with van der Waals surface area (Å²) in [5.74, 6) is -2.71. The molecule has 0 bridgehead atoms. The summed E-state index contributed by atoms with van der Waals surface area (Å²) in [5, 5.41) is 3.34. The molecule has 38 heavy (non-hydrogen) atoms. The van der Waals surface area contributed by atoms with Crippen molar-refractivity contribution in [2.24, 2.45) is 5.73 Å². The fourth-order valence-corrected chi connectivity index (χ4v) is 5.04. The minimum absolute atomic E-state index is 0.0255. The number of anilines is 1. The van der Waals surface area contributed by atoms with Crippen LogP contribution >= 0.6 is 11.5 Å². The number of benzene rings is 1. The number of nitrogen functional groups attached to an aromatic ring is 1. The van der Waals surface area contributed by atoms with Crippen molar-refractivity contribution >= 4 is 51.8 Å². The summed E-state index contributed by atoms with van der Waals surface area (Å²) in [6.07, 6.45) is 2.82. The first-order valence-corrected chi connectivity index (χ1v) is 12.8. The van der Waals surface area contributed by atoms with E-state index >= 15 is 0 Å². The average Bonchev–Trinajstić information content (AvgIpc) is 3.56. The van der Waals surface area contributed by atoms with Gasteiger partial charge in [-0.15, -0.1) is 0 Å². The lowest BCUT2D eigenvalue weighted by molar-refractivity contribution is -0.144. The second kappa shape index (κ2) is 12.0. The Morgan fingerprint density at radius 1 is 1.29 bits per heavy atom.